The highest BCUT2D eigenvalue weighted by molar-refractivity contribution is 5.97. The van der Waals surface area contributed by atoms with Gasteiger partial charge in [0.25, 0.3) is 0 Å². The van der Waals surface area contributed by atoms with Crippen LogP contribution in [-0.2, 0) is 4.79 Å². The molecule has 2 rings (SSSR count). The summed E-state index contributed by atoms with van der Waals surface area (Å²) in [5.74, 6) is 0.628. The van der Waals surface area contributed by atoms with Gasteiger partial charge in [-0.2, -0.15) is 0 Å². The smallest absolute Gasteiger partial charge is 0.245 e. The molecule has 16 heavy (non-hydrogen) atoms. The Morgan fingerprint density at radius 1 is 1.62 bits per heavy atom. The van der Waals surface area contributed by atoms with Gasteiger partial charge in [-0.05, 0) is 50.9 Å². The fourth-order valence-electron chi connectivity index (χ4n) is 1.95. The van der Waals surface area contributed by atoms with Crippen LogP contribution in [0.25, 0.3) is 0 Å². The quantitative estimate of drug-likeness (QED) is 0.792. The van der Waals surface area contributed by atoms with Crippen molar-refractivity contribution in [3.8, 4) is 0 Å². The Bertz CT molecular complexity index is 397. The molecule has 1 aromatic rings. The van der Waals surface area contributed by atoms with Crippen LogP contribution in [0.1, 0.15) is 25.3 Å². The molecule has 1 aliphatic rings. The standard InChI is InChI=1S/C12H17N3O/c1-9-4-7-13-10(8-9)15-11(16)12(2)5-3-6-14-12/h4,7-8,14H,3,5-6H2,1-2H3,(H,13,15,16). The van der Waals surface area contributed by atoms with E-state index in [0.717, 1.165) is 24.9 Å². The largest absolute Gasteiger partial charge is 0.309 e. The molecule has 1 amide bonds. The molecular weight excluding hydrogens is 202 g/mol. The lowest BCUT2D eigenvalue weighted by molar-refractivity contribution is -0.121. The van der Waals surface area contributed by atoms with Gasteiger partial charge in [0.2, 0.25) is 5.91 Å². The lowest BCUT2D eigenvalue weighted by Gasteiger charge is -2.22. The van der Waals surface area contributed by atoms with Gasteiger partial charge in [0.05, 0.1) is 5.54 Å². The van der Waals surface area contributed by atoms with Crippen LogP contribution in [0.15, 0.2) is 18.3 Å². The number of aryl methyl sites for hydroxylation is 1. The van der Waals surface area contributed by atoms with Crippen LogP contribution in [0, 0.1) is 6.92 Å². The number of rotatable bonds is 2. The van der Waals surface area contributed by atoms with E-state index in [9.17, 15) is 4.79 Å². The first-order chi connectivity index (χ1) is 7.60. The zero-order valence-corrected chi connectivity index (χ0v) is 9.71. The summed E-state index contributed by atoms with van der Waals surface area (Å²) >= 11 is 0. The van der Waals surface area contributed by atoms with Gasteiger partial charge in [0.15, 0.2) is 0 Å². The van der Waals surface area contributed by atoms with Gasteiger partial charge in [-0.3, -0.25) is 4.79 Å². The van der Waals surface area contributed by atoms with Crippen molar-refractivity contribution in [2.24, 2.45) is 0 Å². The van der Waals surface area contributed by atoms with Gasteiger partial charge < -0.3 is 10.6 Å². The van der Waals surface area contributed by atoms with Crippen LogP contribution < -0.4 is 10.6 Å². The monoisotopic (exact) mass is 219 g/mol. The van der Waals surface area contributed by atoms with Crippen LogP contribution in [0.5, 0.6) is 0 Å². The summed E-state index contributed by atoms with van der Waals surface area (Å²) in [6.45, 7) is 4.82. The van der Waals surface area contributed by atoms with E-state index >= 15 is 0 Å². The maximum absolute atomic E-state index is 12.0. The molecule has 2 heterocycles. The summed E-state index contributed by atoms with van der Waals surface area (Å²) < 4.78 is 0. The highest BCUT2D eigenvalue weighted by Gasteiger charge is 2.35. The molecule has 0 radical (unpaired) electrons. The molecule has 1 aliphatic heterocycles. The predicted molar refractivity (Wildman–Crippen MR) is 63.2 cm³/mol. The van der Waals surface area contributed by atoms with Crippen molar-refractivity contribution in [3.05, 3.63) is 23.9 Å². The number of nitrogens with one attached hydrogen (secondary N) is 2. The third kappa shape index (κ3) is 2.22. The van der Waals surface area contributed by atoms with E-state index in [1.54, 1.807) is 6.20 Å². The fraction of sp³-hybridized carbons (Fsp3) is 0.500. The molecule has 2 N–H and O–H groups in total. The number of carbonyl (C=O) groups excluding carboxylic acids is 1. The second-order valence-corrected chi connectivity index (χ2v) is 4.53. The molecule has 4 heteroatoms. The number of carbonyl (C=O) groups is 1. The molecule has 0 aromatic carbocycles. The maximum atomic E-state index is 12.0. The van der Waals surface area contributed by atoms with Gasteiger partial charge in [0.1, 0.15) is 5.82 Å². The maximum Gasteiger partial charge on any atom is 0.245 e. The van der Waals surface area contributed by atoms with Crippen LogP contribution in [0.2, 0.25) is 0 Å². The van der Waals surface area contributed by atoms with Gasteiger partial charge in [-0.25, -0.2) is 4.98 Å². The average Bonchev–Trinajstić information content (AvgIpc) is 2.66. The minimum absolute atomic E-state index is 0.00287. The first-order valence-corrected chi connectivity index (χ1v) is 5.59. The van der Waals surface area contributed by atoms with Crippen molar-refractivity contribution in [2.75, 3.05) is 11.9 Å². The first-order valence-electron chi connectivity index (χ1n) is 5.59. The zero-order chi connectivity index (χ0) is 11.6. The Hall–Kier alpha value is -1.42. The minimum atomic E-state index is -0.439. The molecule has 86 valence electrons. The number of nitrogens with zero attached hydrogens (tertiary/aromatic N) is 1. The lowest BCUT2D eigenvalue weighted by atomic mass is 9.99. The van der Waals surface area contributed by atoms with Crippen LogP contribution in [0.3, 0.4) is 0 Å². The van der Waals surface area contributed by atoms with E-state index in [4.69, 9.17) is 0 Å². The Labute approximate surface area is 95.5 Å². The molecule has 1 atom stereocenters. The summed E-state index contributed by atoms with van der Waals surface area (Å²) in [6.07, 6.45) is 3.63. The Morgan fingerprint density at radius 2 is 2.44 bits per heavy atom. The topological polar surface area (TPSA) is 54.0 Å². The van der Waals surface area contributed by atoms with E-state index < -0.39 is 5.54 Å². The van der Waals surface area contributed by atoms with Crippen LogP contribution in [-0.4, -0.2) is 23.0 Å². The number of anilines is 1. The van der Waals surface area contributed by atoms with Gasteiger partial charge in [0, 0.05) is 6.20 Å². The van der Waals surface area contributed by atoms with E-state index in [1.807, 2.05) is 26.0 Å². The van der Waals surface area contributed by atoms with E-state index in [-0.39, 0.29) is 5.91 Å². The van der Waals surface area contributed by atoms with Crippen LogP contribution >= 0.6 is 0 Å². The number of amides is 1. The summed E-state index contributed by atoms with van der Waals surface area (Å²) in [4.78, 5) is 16.2. The molecular formula is C12H17N3O. The Balaban J connectivity index is 2.07. The third-order valence-corrected chi connectivity index (χ3v) is 3.03. The SMILES string of the molecule is Cc1ccnc(NC(=O)C2(C)CCCN2)c1. The minimum Gasteiger partial charge on any atom is -0.309 e. The van der Waals surface area contributed by atoms with Gasteiger partial charge in [-0.15, -0.1) is 0 Å². The van der Waals surface area contributed by atoms with Crippen LogP contribution in [0.4, 0.5) is 5.82 Å². The van der Waals surface area contributed by atoms with Crippen molar-refractivity contribution < 1.29 is 4.79 Å². The Morgan fingerprint density at radius 3 is 3.06 bits per heavy atom. The number of hydrogen-bond acceptors (Lipinski definition) is 3. The van der Waals surface area contributed by atoms with Crippen molar-refractivity contribution in [1.82, 2.24) is 10.3 Å². The van der Waals surface area contributed by atoms with Gasteiger partial charge in [-0.1, -0.05) is 0 Å². The second kappa shape index (κ2) is 4.22. The van der Waals surface area contributed by atoms with Crippen molar-refractivity contribution >= 4 is 11.7 Å². The van der Waals surface area contributed by atoms with E-state index in [1.165, 1.54) is 0 Å². The lowest BCUT2D eigenvalue weighted by Crippen LogP contribution is -2.48. The summed E-state index contributed by atoms with van der Waals surface area (Å²) in [5.41, 5.74) is 0.653. The molecule has 1 aromatic heterocycles. The number of pyridine rings is 1. The molecule has 4 nitrogen and oxygen atoms in total. The van der Waals surface area contributed by atoms with Crippen molar-refractivity contribution in [3.63, 3.8) is 0 Å². The Kier molecular flexibility index (Phi) is 2.92. The molecule has 1 fully saturated rings. The summed E-state index contributed by atoms with van der Waals surface area (Å²) in [7, 11) is 0. The summed E-state index contributed by atoms with van der Waals surface area (Å²) in [6, 6.07) is 3.78. The summed E-state index contributed by atoms with van der Waals surface area (Å²) in [5, 5.41) is 6.08. The van der Waals surface area contributed by atoms with E-state index in [2.05, 4.69) is 15.6 Å². The van der Waals surface area contributed by atoms with Crippen molar-refractivity contribution in [1.29, 1.82) is 0 Å². The van der Waals surface area contributed by atoms with E-state index in [0.29, 0.717) is 5.82 Å². The molecule has 0 aliphatic carbocycles. The predicted octanol–water partition coefficient (Wildman–Crippen LogP) is 1.47. The number of hydrogen-bond donors (Lipinski definition) is 2. The number of aromatic nitrogens is 1. The fourth-order valence-corrected chi connectivity index (χ4v) is 1.95. The third-order valence-electron chi connectivity index (χ3n) is 3.03. The normalized spacial score (nSPS) is 24.4. The first kappa shape index (κ1) is 11.1. The molecule has 0 bridgehead atoms. The molecule has 1 unspecified atom stereocenters. The highest BCUT2D eigenvalue weighted by Crippen LogP contribution is 2.20. The molecule has 1 saturated heterocycles. The molecule has 0 saturated carbocycles. The highest BCUT2D eigenvalue weighted by atomic mass is 16.2. The average molecular weight is 219 g/mol. The molecule has 0 spiro atoms. The van der Waals surface area contributed by atoms with Crippen molar-refractivity contribution in [2.45, 2.75) is 32.2 Å². The van der Waals surface area contributed by atoms with Gasteiger partial charge >= 0.3 is 0 Å². The zero-order valence-electron chi connectivity index (χ0n) is 9.71. The second-order valence-electron chi connectivity index (χ2n) is 4.53.